The molecule has 11 heteroatoms. The minimum atomic E-state index is -4.58. The van der Waals surface area contributed by atoms with Crippen LogP contribution in [0.4, 0.5) is 24.7 Å². The van der Waals surface area contributed by atoms with Crippen LogP contribution in [0.3, 0.4) is 0 Å². The molecular formula is C21H18ClF3N4O3. The van der Waals surface area contributed by atoms with Crippen molar-refractivity contribution in [1.82, 2.24) is 9.78 Å². The van der Waals surface area contributed by atoms with Gasteiger partial charge in [0.05, 0.1) is 25.0 Å². The summed E-state index contributed by atoms with van der Waals surface area (Å²) < 4.78 is 47.4. The molecule has 1 amide bonds. The van der Waals surface area contributed by atoms with E-state index in [0.717, 1.165) is 10.9 Å². The molecule has 1 aliphatic heterocycles. The fraction of sp³-hybridized carbons (Fsp3) is 0.238. The standard InChI is InChI=1S/C21H18ClF3N4O3/c1-32-13-5-2-11(3-6-13)15-9-18(21(23,24)25)29-19(27-15)14(10-26-29)20(31)28-16-8-12(22)4-7-17(16)30/h2-8,10,15,18,27,30H,9H2,1H3,(H,28,31)/t15-,18-/m0/s1. The van der Waals surface area contributed by atoms with Gasteiger partial charge in [0.1, 0.15) is 22.9 Å². The Hall–Kier alpha value is -3.40. The summed E-state index contributed by atoms with van der Waals surface area (Å²) in [5.74, 6) is -0.476. The van der Waals surface area contributed by atoms with Crippen LogP contribution >= 0.6 is 11.6 Å². The predicted molar refractivity (Wildman–Crippen MR) is 112 cm³/mol. The predicted octanol–water partition coefficient (Wildman–Crippen LogP) is 5.16. The number of aromatic nitrogens is 2. The smallest absolute Gasteiger partial charge is 0.410 e. The number of methoxy groups -OCH3 is 1. The lowest BCUT2D eigenvalue weighted by molar-refractivity contribution is -0.173. The van der Waals surface area contributed by atoms with E-state index in [4.69, 9.17) is 16.3 Å². The van der Waals surface area contributed by atoms with Gasteiger partial charge in [-0.15, -0.1) is 0 Å². The number of benzene rings is 2. The number of anilines is 2. The zero-order chi connectivity index (χ0) is 23.0. The average molecular weight is 467 g/mol. The summed E-state index contributed by atoms with van der Waals surface area (Å²) in [6.07, 6.45) is -3.82. The summed E-state index contributed by atoms with van der Waals surface area (Å²) in [5, 5.41) is 19.5. The van der Waals surface area contributed by atoms with Crippen molar-refractivity contribution in [3.8, 4) is 11.5 Å². The van der Waals surface area contributed by atoms with Gasteiger partial charge in [-0.05, 0) is 35.9 Å². The van der Waals surface area contributed by atoms with Gasteiger partial charge in [-0.25, -0.2) is 4.68 Å². The molecule has 1 aliphatic rings. The molecule has 0 aliphatic carbocycles. The number of alkyl halides is 3. The molecule has 0 spiro atoms. The number of rotatable bonds is 4. The Morgan fingerprint density at radius 2 is 2.00 bits per heavy atom. The largest absolute Gasteiger partial charge is 0.506 e. The topological polar surface area (TPSA) is 88.4 Å². The molecular weight excluding hydrogens is 449 g/mol. The van der Waals surface area contributed by atoms with E-state index in [9.17, 15) is 23.1 Å². The van der Waals surface area contributed by atoms with E-state index in [2.05, 4.69) is 15.7 Å². The number of carbonyl (C=O) groups excluding carboxylic acids is 1. The van der Waals surface area contributed by atoms with Gasteiger partial charge in [0.25, 0.3) is 5.91 Å². The molecule has 2 aromatic carbocycles. The van der Waals surface area contributed by atoms with Gasteiger partial charge < -0.3 is 20.5 Å². The van der Waals surface area contributed by atoms with Crippen LogP contribution < -0.4 is 15.4 Å². The van der Waals surface area contributed by atoms with Crippen molar-refractivity contribution in [2.24, 2.45) is 0 Å². The number of aromatic hydroxyl groups is 1. The Morgan fingerprint density at radius 3 is 2.66 bits per heavy atom. The lowest BCUT2D eigenvalue weighted by Crippen LogP contribution is -2.36. The lowest BCUT2D eigenvalue weighted by Gasteiger charge is -2.34. The number of carbonyl (C=O) groups is 1. The van der Waals surface area contributed by atoms with Gasteiger partial charge in [-0.1, -0.05) is 23.7 Å². The summed E-state index contributed by atoms with van der Waals surface area (Å²) in [6.45, 7) is 0. The van der Waals surface area contributed by atoms with E-state index >= 15 is 0 Å². The van der Waals surface area contributed by atoms with Crippen LogP contribution in [-0.4, -0.2) is 34.1 Å². The molecule has 32 heavy (non-hydrogen) atoms. The molecule has 0 radical (unpaired) electrons. The number of nitrogens with one attached hydrogen (secondary N) is 2. The van der Waals surface area contributed by atoms with Crippen LogP contribution in [0.5, 0.6) is 11.5 Å². The van der Waals surface area contributed by atoms with Gasteiger partial charge in [-0.3, -0.25) is 4.79 Å². The van der Waals surface area contributed by atoms with Gasteiger partial charge in [-0.2, -0.15) is 18.3 Å². The van der Waals surface area contributed by atoms with Gasteiger partial charge in [0.2, 0.25) is 0 Å². The summed E-state index contributed by atoms with van der Waals surface area (Å²) in [4.78, 5) is 12.8. The highest BCUT2D eigenvalue weighted by Gasteiger charge is 2.47. The third-order valence-corrected chi connectivity index (χ3v) is 5.44. The molecule has 1 aromatic heterocycles. The van der Waals surface area contributed by atoms with Crippen molar-refractivity contribution >= 4 is 29.0 Å². The first-order valence-electron chi connectivity index (χ1n) is 9.52. The maximum Gasteiger partial charge on any atom is 0.410 e. The minimum Gasteiger partial charge on any atom is -0.506 e. The van der Waals surface area contributed by atoms with Crippen LogP contribution in [0.1, 0.15) is 34.4 Å². The quantitative estimate of drug-likeness (QED) is 0.462. The number of hydrogen-bond donors (Lipinski definition) is 3. The van der Waals surface area contributed by atoms with Crippen LogP contribution in [0.15, 0.2) is 48.7 Å². The number of phenols is 1. The van der Waals surface area contributed by atoms with Crippen molar-refractivity contribution in [3.05, 3.63) is 64.8 Å². The molecule has 0 bridgehead atoms. The Morgan fingerprint density at radius 1 is 1.28 bits per heavy atom. The van der Waals surface area contributed by atoms with Crippen LogP contribution in [0.2, 0.25) is 5.02 Å². The fourth-order valence-corrected chi connectivity index (χ4v) is 3.75. The van der Waals surface area contributed by atoms with Gasteiger partial charge >= 0.3 is 6.18 Å². The number of ether oxygens (including phenoxy) is 1. The van der Waals surface area contributed by atoms with E-state index in [0.29, 0.717) is 11.3 Å². The second-order valence-electron chi connectivity index (χ2n) is 7.23. The second kappa shape index (κ2) is 8.27. The number of fused-ring (bicyclic) bond motifs is 1. The second-order valence-corrected chi connectivity index (χ2v) is 7.67. The minimum absolute atomic E-state index is 0.0253. The summed E-state index contributed by atoms with van der Waals surface area (Å²) >= 11 is 5.89. The highest BCUT2D eigenvalue weighted by molar-refractivity contribution is 6.31. The SMILES string of the molecule is COc1ccc([C@@H]2C[C@@H](C(F)(F)F)n3ncc(C(=O)Nc4cc(Cl)ccc4O)c3N2)cc1. The normalized spacial score (nSPS) is 17.9. The van der Waals surface area contributed by atoms with Crippen LogP contribution in [-0.2, 0) is 0 Å². The third kappa shape index (κ3) is 4.18. The van der Waals surface area contributed by atoms with Crippen molar-refractivity contribution in [3.63, 3.8) is 0 Å². The maximum absolute atomic E-state index is 13.8. The zero-order valence-corrected chi connectivity index (χ0v) is 17.4. The Labute approximate surface area is 185 Å². The zero-order valence-electron chi connectivity index (χ0n) is 16.7. The van der Waals surface area contributed by atoms with E-state index in [1.807, 2.05) is 0 Å². The van der Waals surface area contributed by atoms with Crippen molar-refractivity contribution in [1.29, 1.82) is 0 Å². The van der Waals surface area contributed by atoms with Crippen molar-refractivity contribution in [2.45, 2.75) is 24.7 Å². The first kappa shape index (κ1) is 21.8. The molecule has 0 saturated carbocycles. The average Bonchev–Trinajstić information content (AvgIpc) is 3.19. The number of nitrogens with zero attached hydrogens (tertiary/aromatic N) is 2. The summed E-state index contributed by atoms with van der Waals surface area (Å²) in [5.41, 5.74) is 0.528. The first-order chi connectivity index (χ1) is 15.2. The fourth-order valence-electron chi connectivity index (χ4n) is 3.58. The molecule has 3 aromatic rings. The maximum atomic E-state index is 13.8. The Kier molecular flexibility index (Phi) is 5.64. The lowest BCUT2D eigenvalue weighted by atomic mass is 9.96. The first-order valence-corrected chi connectivity index (χ1v) is 9.89. The van der Waals surface area contributed by atoms with Crippen LogP contribution in [0, 0.1) is 0 Å². The van der Waals surface area contributed by atoms with Gasteiger partial charge in [0, 0.05) is 11.4 Å². The number of amides is 1. The third-order valence-electron chi connectivity index (χ3n) is 5.21. The molecule has 2 heterocycles. The van der Waals surface area contributed by atoms with Crippen molar-refractivity contribution < 1.29 is 27.8 Å². The molecule has 2 atom stereocenters. The van der Waals surface area contributed by atoms with E-state index in [-0.39, 0.29) is 34.3 Å². The number of hydrogen-bond acceptors (Lipinski definition) is 5. The Balaban J connectivity index is 1.69. The van der Waals surface area contributed by atoms with E-state index < -0.39 is 24.2 Å². The van der Waals surface area contributed by atoms with E-state index in [1.165, 1.54) is 25.3 Å². The molecule has 3 N–H and O–H groups in total. The molecule has 168 valence electrons. The van der Waals surface area contributed by atoms with Crippen LogP contribution in [0.25, 0.3) is 0 Å². The highest BCUT2D eigenvalue weighted by Crippen LogP contribution is 2.44. The highest BCUT2D eigenvalue weighted by atomic mass is 35.5. The molecule has 7 nitrogen and oxygen atoms in total. The molecule has 0 fully saturated rings. The molecule has 4 rings (SSSR count). The Bertz CT molecular complexity index is 1150. The molecule has 0 unspecified atom stereocenters. The monoisotopic (exact) mass is 466 g/mol. The number of halogens is 4. The van der Waals surface area contributed by atoms with Gasteiger partial charge in [0.15, 0.2) is 6.04 Å². The van der Waals surface area contributed by atoms with E-state index in [1.54, 1.807) is 24.3 Å². The number of phenolic OH excluding ortho intramolecular Hbond substituents is 1. The molecule has 0 saturated heterocycles. The van der Waals surface area contributed by atoms with Crippen molar-refractivity contribution in [2.75, 3.05) is 17.7 Å². The summed E-state index contributed by atoms with van der Waals surface area (Å²) in [7, 11) is 1.49. The summed E-state index contributed by atoms with van der Waals surface area (Å²) in [6, 6.07) is 8.06.